The van der Waals surface area contributed by atoms with Crippen molar-refractivity contribution in [1.82, 2.24) is 20.0 Å². The van der Waals surface area contributed by atoms with E-state index in [1.165, 1.54) is 11.6 Å². The number of halogens is 2. The molecule has 1 aliphatic rings. The van der Waals surface area contributed by atoms with Crippen LogP contribution in [0, 0.1) is 5.82 Å². The van der Waals surface area contributed by atoms with Crippen molar-refractivity contribution in [3.8, 4) is 0 Å². The number of aromatic nitrogens is 2. The summed E-state index contributed by atoms with van der Waals surface area (Å²) in [6.07, 6.45) is 2.90. The van der Waals surface area contributed by atoms with Gasteiger partial charge in [0.25, 0.3) is 0 Å². The highest BCUT2D eigenvalue weighted by Crippen LogP contribution is 2.45. The molecule has 1 N–H and O–H groups in total. The van der Waals surface area contributed by atoms with E-state index in [2.05, 4.69) is 40.4 Å². The Morgan fingerprint density at radius 2 is 2.22 bits per heavy atom. The Morgan fingerprint density at radius 1 is 1.48 bits per heavy atom. The van der Waals surface area contributed by atoms with Crippen LogP contribution in [0.2, 0.25) is 5.02 Å². The van der Waals surface area contributed by atoms with Crippen molar-refractivity contribution in [2.24, 2.45) is 12.0 Å². The first-order valence-corrected chi connectivity index (χ1v) is 9.60. The van der Waals surface area contributed by atoms with E-state index in [9.17, 15) is 4.39 Å². The number of nitrogens with one attached hydrogen (secondary N) is 1. The summed E-state index contributed by atoms with van der Waals surface area (Å²) in [5, 5.41) is 8.50. The molecule has 27 heavy (non-hydrogen) atoms. The number of benzene rings is 1. The van der Waals surface area contributed by atoms with Crippen LogP contribution in [0.3, 0.4) is 0 Å². The van der Waals surface area contributed by atoms with Gasteiger partial charge in [-0.1, -0.05) is 31.5 Å². The van der Waals surface area contributed by atoms with Gasteiger partial charge in [-0.3, -0.25) is 9.67 Å². The van der Waals surface area contributed by atoms with Gasteiger partial charge in [-0.2, -0.15) is 5.10 Å². The molecule has 1 aliphatic carbocycles. The van der Waals surface area contributed by atoms with Crippen molar-refractivity contribution in [2.45, 2.75) is 44.7 Å². The topological polar surface area (TPSA) is 45.5 Å². The minimum Gasteiger partial charge on any atom is -0.353 e. The zero-order valence-electron chi connectivity index (χ0n) is 16.5. The molecule has 2 unspecified atom stereocenters. The molecule has 7 heteroatoms. The molecule has 1 heterocycles. The maximum Gasteiger partial charge on any atom is 0.193 e. The molecule has 0 saturated heterocycles. The number of aryl methyl sites for hydroxylation is 1. The third kappa shape index (κ3) is 4.26. The van der Waals surface area contributed by atoms with E-state index in [0.717, 1.165) is 18.1 Å². The van der Waals surface area contributed by atoms with Gasteiger partial charge >= 0.3 is 0 Å². The summed E-state index contributed by atoms with van der Waals surface area (Å²) in [5.41, 5.74) is 2.88. The molecule has 1 aromatic carbocycles. The number of nitrogens with zero attached hydrogens (tertiary/aromatic N) is 4. The lowest BCUT2D eigenvalue weighted by Gasteiger charge is -2.22. The fraction of sp³-hybridized carbons (Fsp3) is 0.500. The zero-order valence-corrected chi connectivity index (χ0v) is 17.3. The molecule has 0 spiro atoms. The van der Waals surface area contributed by atoms with Gasteiger partial charge in [-0.05, 0) is 24.5 Å². The minimum atomic E-state index is -0.239. The first-order chi connectivity index (χ1) is 12.8. The van der Waals surface area contributed by atoms with Crippen LogP contribution in [0.1, 0.15) is 48.9 Å². The largest absolute Gasteiger partial charge is 0.353 e. The number of guanidine groups is 1. The number of hydrogen-bond acceptors (Lipinski definition) is 2. The van der Waals surface area contributed by atoms with E-state index >= 15 is 0 Å². The van der Waals surface area contributed by atoms with Gasteiger partial charge in [0.1, 0.15) is 5.82 Å². The first kappa shape index (κ1) is 19.7. The van der Waals surface area contributed by atoms with E-state index in [-0.39, 0.29) is 17.8 Å². The second kappa shape index (κ2) is 7.89. The highest BCUT2D eigenvalue weighted by molar-refractivity contribution is 6.31. The van der Waals surface area contributed by atoms with Crippen molar-refractivity contribution in [3.63, 3.8) is 0 Å². The summed E-state index contributed by atoms with van der Waals surface area (Å²) in [7, 11) is 5.70. The van der Waals surface area contributed by atoms with Crippen LogP contribution < -0.4 is 5.32 Å². The van der Waals surface area contributed by atoms with E-state index in [4.69, 9.17) is 11.6 Å². The Balaban J connectivity index is 1.67. The van der Waals surface area contributed by atoms with Gasteiger partial charge < -0.3 is 10.2 Å². The quantitative estimate of drug-likeness (QED) is 0.621. The first-order valence-electron chi connectivity index (χ1n) is 9.22. The Hall–Kier alpha value is -2.08. The van der Waals surface area contributed by atoms with Gasteiger partial charge in [0, 0.05) is 62.0 Å². The number of rotatable bonds is 5. The third-order valence-corrected chi connectivity index (χ3v) is 5.27. The van der Waals surface area contributed by atoms with Crippen molar-refractivity contribution >= 4 is 17.6 Å². The van der Waals surface area contributed by atoms with Gasteiger partial charge in [0.05, 0.1) is 5.69 Å². The van der Waals surface area contributed by atoms with Gasteiger partial charge in [-0.15, -0.1) is 0 Å². The van der Waals surface area contributed by atoms with Crippen LogP contribution >= 0.6 is 11.6 Å². The smallest absolute Gasteiger partial charge is 0.193 e. The Morgan fingerprint density at radius 3 is 2.85 bits per heavy atom. The van der Waals surface area contributed by atoms with E-state index in [0.29, 0.717) is 23.0 Å². The van der Waals surface area contributed by atoms with Gasteiger partial charge in [-0.25, -0.2) is 4.39 Å². The second-order valence-corrected chi connectivity index (χ2v) is 7.91. The lowest BCUT2D eigenvalue weighted by Crippen LogP contribution is -2.40. The normalized spacial score (nSPS) is 19.5. The van der Waals surface area contributed by atoms with Crippen LogP contribution in [0.15, 0.2) is 29.4 Å². The number of aliphatic imine (C=N–C) groups is 1. The fourth-order valence-electron chi connectivity index (χ4n) is 3.54. The molecule has 0 aliphatic heterocycles. The summed E-state index contributed by atoms with van der Waals surface area (Å²) in [4.78, 5) is 6.47. The summed E-state index contributed by atoms with van der Waals surface area (Å²) in [5.74, 6) is 0.986. The lowest BCUT2D eigenvalue weighted by atomic mass is 10.1. The molecule has 146 valence electrons. The monoisotopic (exact) mass is 391 g/mol. The summed E-state index contributed by atoms with van der Waals surface area (Å²) in [6.45, 7) is 5.00. The fourth-order valence-corrected chi connectivity index (χ4v) is 3.85. The Kier molecular flexibility index (Phi) is 5.75. The summed E-state index contributed by atoms with van der Waals surface area (Å²) >= 11 is 6.20. The maximum atomic E-state index is 14.1. The molecule has 5 nitrogen and oxygen atoms in total. The van der Waals surface area contributed by atoms with Crippen molar-refractivity contribution < 1.29 is 4.39 Å². The molecule has 1 fully saturated rings. The van der Waals surface area contributed by atoms with Crippen LogP contribution in [0.5, 0.6) is 0 Å². The molecule has 3 rings (SSSR count). The predicted octanol–water partition coefficient (Wildman–Crippen LogP) is 3.90. The molecule has 1 saturated carbocycles. The lowest BCUT2D eigenvalue weighted by molar-refractivity contribution is 0.472. The van der Waals surface area contributed by atoms with Crippen LogP contribution in [0.4, 0.5) is 4.39 Å². The Bertz CT molecular complexity index is 825. The van der Waals surface area contributed by atoms with E-state index in [1.807, 2.05) is 18.8 Å². The second-order valence-electron chi connectivity index (χ2n) is 7.50. The average Bonchev–Trinajstić information content (AvgIpc) is 3.24. The Labute approximate surface area is 165 Å². The van der Waals surface area contributed by atoms with Crippen molar-refractivity contribution in [1.29, 1.82) is 0 Å². The summed E-state index contributed by atoms with van der Waals surface area (Å²) in [6, 6.07) is 4.98. The molecular weight excluding hydrogens is 365 g/mol. The maximum absolute atomic E-state index is 14.1. The standard InChI is InChI=1S/C20H27ClFN5/c1-12(2)19-13(11-27(5)25-19)10-26(4)20(23-3)24-17-9-14(17)18-15(21)7-6-8-16(18)22/h6-8,11-12,14,17H,9-10H2,1-5H3,(H,23,24). The van der Waals surface area contributed by atoms with Crippen LogP contribution in [-0.4, -0.2) is 40.8 Å². The minimum absolute atomic E-state index is 0.0773. The number of hydrogen-bond donors (Lipinski definition) is 1. The van der Waals surface area contributed by atoms with Gasteiger partial charge in [0.15, 0.2) is 5.96 Å². The third-order valence-electron chi connectivity index (χ3n) is 4.94. The molecule has 0 radical (unpaired) electrons. The van der Waals surface area contributed by atoms with Crippen LogP contribution in [-0.2, 0) is 13.6 Å². The summed E-state index contributed by atoms with van der Waals surface area (Å²) < 4.78 is 16.0. The average molecular weight is 392 g/mol. The molecular formula is C20H27ClFN5. The van der Waals surface area contributed by atoms with Gasteiger partial charge in [0.2, 0.25) is 0 Å². The van der Waals surface area contributed by atoms with E-state index < -0.39 is 0 Å². The molecule has 0 amide bonds. The zero-order chi connectivity index (χ0) is 19.7. The molecule has 1 aromatic heterocycles. The highest BCUT2D eigenvalue weighted by atomic mass is 35.5. The predicted molar refractivity (Wildman–Crippen MR) is 108 cm³/mol. The van der Waals surface area contributed by atoms with Crippen molar-refractivity contribution in [2.75, 3.05) is 14.1 Å². The SMILES string of the molecule is CN=C(NC1CC1c1c(F)cccc1Cl)N(C)Cc1cn(C)nc1C(C)C. The van der Waals surface area contributed by atoms with E-state index in [1.54, 1.807) is 19.2 Å². The highest BCUT2D eigenvalue weighted by Gasteiger charge is 2.42. The molecule has 2 aromatic rings. The molecule has 0 bridgehead atoms. The molecule has 2 atom stereocenters. The van der Waals surface area contributed by atoms with Crippen LogP contribution in [0.25, 0.3) is 0 Å². The van der Waals surface area contributed by atoms with Crippen molar-refractivity contribution in [3.05, 3.63) is 52.1 Å².